The molecule has 166 valence electrons. The second-order valence-electron chi connectivity index (χ2n) is 8.21. The fourth-order valence-electron chi connectivity index (χ4n) is 4.92. The van der Waals surface area contributed by atoms with Crippen molar-refractivity contribution in [2.45, 2.75) is 18.5 Å². The van der Waals surface area contributed by atoms with Crippen molar-refractivity contribution in [3.8, 4) is 11.5 Å². The molecule has 3 aliphatic rings. The quantitative estimate of drug-likeness (QED) is 0.576. The molecule has 0 aliphatic carbocycles. The number of nitrogens with zero attached hydrogens (tertiary/aromatic N) is 1. The van der Waals surface area contributed by atoms with E-state index in [0.29, 0.717) is 36.0 Å². The fraction of sp³-hybridized carbons (Fsp3) is 0.348. The third kappa shape index (κ3) is 2.88. The molecule has 4 atom stereocenters. The number of amides is 2. The summed E-state index contributed by atoms with van der Waals surface area (Å²) in [6, 6.07) is 9.80. The van der Waals surface area contributed by atoms with E-state index in [2.05, 4.69) is 5.32 Å². The molecule has 2 aromatic rings. The molecule has 2 amide bonds. The number of halogens is 1. The number of esters is 1. The van der Waals surface area contributed by atoms with Gasteiger partial charge in [-0.2, -0.15) is 0 Å². The molecule has 0 radical (unpaired) electrons. The zero-order valence-corrected chi connectivity index (χ0v) is 17.5. The minimum absolute atomic E-state index is 0.337. The zero-order valence-electron chi connectivity index (χ0n) is 17.5. The SMILES string of the molecule is COC(=O)C1(C)NC(c2ccc(F)cc2)C2C(=O)N(c3ccc4c(c3)OCCO4)C(=O)C21. The van der Waals surface area contributed by atoms with Crippen molar-refractivity contribution in [3.05, 3.63) is 53.8 Å². The number of carbonyl (C=O) groups excluding carboxylic acids is 3. The van der Waals surface area contributed by atoms with Crippen LogP contribution in [0.15, 0.2) is 42.5 Å². The molecule has 0 aromatic heterocycles. The minimum Gasteiger partial charge on any atom is -0.486 e. The van der Waals surface area contributed by atoms with Gasteiger partial charge in [-0.15, -0.1) is 0 Å². The number of fused-ring (bicyclic) bond motifs is 2. The lowest BCUT2D eigenvalue weighted by Crippen LogP contribution is -2.54. The Balaban J connectivity index is 1.58. The maximum Gasteiger partial charge on any atom is 0.326 e. The van der Waals surface area contributed by atoms with Gasteiger partial charge < -0.3 is 14.2 Å². The number of hydrogen-bond acceptors (Lipinski definition) is 7. The number of ether oxygens (including phenoxy) is 3. The predicted molar refractivity (Wildman–Crippen MR) is 110 cm³/mol. The van der Waals surface area contributed by atoms with Gasteiger partial charge >= 0.3 is 5.97 Å². The van der Waals surface area contributed by atoms with Crippen molar-refractivity contribution in [3.63, 3.8) is 0 Å². The lowest BCUT2D eigenvalue weighted by atomic mass is 9.80. The Bertz CT molecular complexity index is 1120. The van der Waals surface area contributed by atoms with E-state index < -0.39 is 47.0 Å². The summed E-state index contributed by atoms with van der Waals surface area (Å²) in [5.41, 5.74) is -0.503. The van der Waals surface area contributed by atoms with Crippen LogP contribution in [0.25, 0.3) is 0 Å². The molecular formula is C23H21FN2O6. The second-order valence-corrected chi connectivity index (χ2v) is 8.21. The fourth-order valence-corrected chi connectivity index (χ4v) is 4.92. The number of methoxy groups -OCH3 is 1. The molecule has 3 heterocycles. The Labute approximate surface area is 183 Å². The second kappa shape index (κ2) is 7.30. The molecule has 4 unspecified atom stereocenters. The van der Waals surface area contributed by atoms with Gasteiger partial charge in [0.05, 0.1) is 24.6 Å². The molecule has 3 aliphatic heterocycles. The topological polar surface area (TPSA) is 94.2 Å². The number of anilines is 1. The lowest BCUT2D eigenvalue weighted by Gasteiger charge is -2.29. The van der Waals surface area contributed by atoms with Crippen LogP contribution < -0.4 is 19.7 Å². The molecular weight excluding hydrogens is 419 g/mol. The molecule has 0 spiro atoms. The highest BCUT2D eigenvalue weighted by Gasteiger charge is 2.67. The molecule has 0 saturated carbocycles. The normalized spacial score (nSPS) is 28.6. The molecule has 2 fully saturated rings. The van der Waals surface area contributed by atoms with Crippen molar-refractivity contribution in [2.24, 2.45) is 11.8 Å². The maximum atomic E-state index is 13.6. The monoisotopic (exact) mass is 440 g/mol. The zero-order chi connectivity index (χ0) is 22.6. The number of imide groups is 1. The molecule has 1 N–H and O–H groups in total. The summed E-state index contributed by atoms with van der Waals surface area (Å²) in [4.78, 5) is 41.0. The van der Waals surface area contributed by atoms with Crippen LogP contribution in [0.5, 0.6) is 11.5 Å². The average molecular weight is 440 g/mol. The number of carbonyl (C=O) groups is 3. The third-order valence-electron chi connectivity index (χ3n) is 6.41. The molecule has 8 nitrogen and oxygen atoms in total. The van der Waals surface area contributed by atoms with Gasteiger partial charge in [0.15, 0.2) is 11.5 Å². The van der Waals surface area contributed by atoms with E-state index in [9.17, 15) is 18.8 Å². The van der Waals surface area contributed by atoms with E-state index in [1.165, 1.54) is 31.4 Å². The summed E-state index contributed by atoms with van der Waals surface area (Å²) in [7, 11) is 1.23. The largest absolute Gasteiger partial charge is 0.486 e. The van der Waals surface area contributed by atoms with Crippen LogP contribution >= 0.6 is 0 Å². The van der Waals surface area contributed by atoms with Crippen molar-refractivity contribution >= 4 is 23.5 Å². The van der Waals surface area contributed by atoms with Crippen molar-refractivity contribution in [1.82, 2.24) is 5.32 Å². The van der Waals surface area contributed by atoms with Gasteiger partial charge in [-0.05, 0) is 36.8 Å². The Hall–Kier alpha value is -3.46. The van der Waals surface area contributed by atoms with Crippen LogP contribution in [0, 0.1) is 17.7 Å². The summed E-state index contributed by atoms with van der Waals surface area (Å²) in [5.74, 6) is -2.93. The highest BCUT2D eigenvalue weighted by Crippen LogP contribution is 2.50. The summed E-state index contributed by atoms with van der Waals surface area (Å²) < 4.78 is 29.6. The highest BCUT2D eigenvalue weighted by atomic mass is 19.1. The van der Waals surface area contributed by atoms with E-state index in [0.717, 1.165) is 4.90 Å². The predicted octanol–water partition coefficient (Wildman–Crippen LogP) is 1.98. The van der Waals surface area contributed by atoms with Gasteiger partial charge in [0.2, 0.25) is 11.8 Å². The number of nitrogens with one attached hydrogen (secondary N) is 1. The van der Waals surface area contributed by atoms with Gasteiger partial charge in [-0.1, -0.05) is 12.1 Å². The van der Waals surface area contributed by atoms with Crippen LogP contribution in [-0.4, -0.2) is 43.6 Å². The van der Waals surface area contributed by atoms with E-state index >= 15 is 0 Å². The Morgan fingerprint density at radius 2 is 1.78 bits per heavy atom. The van der Waals surface area contributed by atoms with Crippen molar-refractivity contribution in [2.75, 3.05) is 25.2 Å². The average Bonchev–Trinajstić information content (AvgIpc) is 3.26. The molecule has 9 heteroatoms. The highest BCUT2D eigenvalue weighted by molar-refractivity contribution is 6.24. The molecule has 0 bridgehead atoms. The third-order valence-corrected chi connectivity index (χ3v) is 6.41. The summed E-state index contributed by atoms with van der Waals surface area (Å²) in [6.07, 6.45) is 0. The Morgan fingerprint density at radius 3 is 2.47 bits per heavy atom. The first kappa shape index (κ1) is 20.4. The minimum atomic E-state index is -1.44. The van der Waals surface area contributed by atoms with Gasteiger partial charge in [0, 0.05) is 12.1 Å². The van der Waals surface area contributed by atoms with Crippen LogP contribution in [0.2, 0.25) is 0 Å². The van der Waals surface area contributed by atoms with Crippen LogP contribution in [0.1, 0.15) is 18.5 Å². The van der Waals surface area contributed by atoms with Gasteiger partial charge in [-0.25, -0.2) is 9.29 Å². The van der Waals surface area contributed by atoms with E-state index in [1.807, 2.05) is 0 Å². The van der Waals surface area contributed by atoms with Crippen molar-refractivity contribution < 1.29 is 33.0 Å². The number of benzene rings is 2. The van der Waals surface area contributed by atoms with Crippen molar-refractivity contribution in [1.29, 1.82) is 0 Å². The first-order valence-corrected chi connectivity index (χ1v) is 10.2. The van der Waals surface area contributed by atoms with E-state index in [1.54, 1.807) is 25.1 Å². The number of rotatable bonds is 3. The van der Waals surface area contributed by atoms with E-state index in [-0.39, 0.29) is 0 Å². The maximum absolute atomic E-state index is 13.6. The standard InChI is InChI=1S/C23H21FN2O6/c1-23(22(29)30-2)18-17(19(25-23)12-3-5-13(24)6-4-12)20(27)26(21(18)28)14-7-8-15-16(11-14)32-10-9-31-15/h3-8,11,17-19,25H,9-10H2,1-2H3. The van der Waals surface area contributed by atoms with E-state index in [4.69, 9.17) is 14.2 Å². The molecule has 5 rings (SSSR count). The van der Waals surface area contributed by atoms with Crippen LogP contribution in [-0.2, 0) is 19.1 Å². The number of hydrogen-bond donors (Lipinski definition) is 1. The van der Waals surface area contributed by atoms with Gasteiger partial charge in [-0.3, -0.25) is 19.7 Å². The van der Waals surface area contributed by atoms with Crippen LogP contribution in [0.4, 0.5) is 10.1 Å². The Morgan fingerprint density at radius 1 is 1.09 bits per heavy atom. The molecule has 2 aromatic carbocycles. The lowest BCUT2D eigenvalue weighted by molar-refractivity contribution is -0.151. The smallest absolute Gasteiger partial charge is 0.326 e. The van der Waals surface area contributed by atoms with Crippen LogP contribution in [0.3, 0.4) is 0 Å². The summed E-state index contributed by atoms with van der Waals surface area (Å²) in [5, 5.41) is 3.13. The van der Waals surface area contributed by atoms with Gasteiger partial charge in [0.25, 0.3) is 0 Å². The van der Waals surface area contributed by atoms with Gasteiger partial charge in [0.1, 0.15) is 24.6 Å². The summed E-state index contributed by atoms with van der Waals surface area (Å²) in [6.45, 7) is 2.33. The summed E-state index contributed by atoms with van der Waals surface area (Å²) >= 11 is 0. The molecule has 32 heavy (non-hydrogen) atoms. The first-order chi connectivity index (χ1) is 15.3. The Kier molecular flexibility index (Phi) is 4.67. The molecule has 2 saturated heterocycles. The first-order valence-electron chi connectivity index (χ1n) is 10.2.